The number of likely N-dealkylation sites (tertiary alicyclic amines) is 1. The first-order valence-electron chi connectivity index (χ1n) is 11.0. The third kappa shape index (κ3) is 4.34. The van der Waals surface area contributed by atoms with E-state index < -0.39 is 17.7 Å². The van der Waals surface area contributed by atoms with Crippen LogP contribution in [0.4, 0.5) is 0 Å². The van der Waals surface area contributed by atoms with E-state index >= 15 is 0 Å². The summed E-state index contributed by atoms with van der Waals surface area (Å²) >= 11 is 0. The summed E-state index contributed by atoms with van der Waals surface area (Å²) in [6.07, 6.45) is 0.893. The van der Waals surface area contributed by atoms with Gasteiger partial charge >= 0.3 is 0 Å². The molecule has 6 nitrogen and oxygen atoms in total. The largest absolute Gasteiger partial charge is 0.507 e. The van der Waals surface area contributed by atoms with E-state index in [9.17, 15) is 14.7 Å². The molecule has 1 unspecified atom stereocenters. The molecule has 0 aliphatic carbocycles. The van der Waals surface area contributed by atoms with Crippen LogP contribution >= 0.6 is 0 Å². The van der Waals surface area contributed by atoms with Crippen LogP contribution in [0.25, 0.3) is 16.5 Å². The highest BCUT2D eigenvalue weighted by Crippen LogP contribution is 2.40. The maximum atomic E-state index is 13.1. The molecule has 170 valence electrons. The van der Waals surface area contributed by atoms with Crippen molar-refractivity contribution in [1.29, 1.82) is 0 Å². The monoisotopic (exact) mass is 445 g/mol. The van der Waals surface area contributed by atoms with Crippen molar-refractivity contribution in [2.45, 2.75) is 19.4 Å². The number of Topliss-reactive ketones (excluding diaryl/α,β-unsaturated/α-hetero) is 1. The standard InChI is InChI=1S/C27H27NO5/c1-3-16-33-20-13-11-19(12-14-20)24-23(26(30)27(31)28(24)15-17-32-2)25(29)22-10-6-8-18-7-4-5-9-21(18)22/h4-14,24,29H,3,15-17H2,1-2H3/b25-23-. The smallest absolute Gasteiger partial charge is 0.295 e. The van der Waals surface area contributed by atoms with Gasteiger partial charge in [-0.1, -0.05) is 61.5 Å². The van der Waals surface area contributed by atoms with Gasteiger partial charge < -0.3 is 19.5 Å². The van der Waals surface area contributed by atoms with E-state index in [0.29, 0.717) is 17.9 Å². The van der Waals surface area contributed by atoms with E-state index in [2.05, 4.69) is 0 Å². The minimum atomic E-state index is -0.723. The molecule has 3 aromatic rings. The Hall–Kier alpha value is -3.64. The Kier molecular flexibility index (Phi) is 6.75. The number of methoxy groups -OCH3 is 1. The Bertz CT molecular complexity index is 1190. The van der Waals surface area contributed by atoms with Gasteiger partial charge in [0, 0.05) is 19.2 Å². The molecule has 1 amide bonds. The molecular formula is C27H27NO5. The number of benzene rings is 3. The van der Waals surface area contributed by atoms with Crippen LogP contribution in [0.3, 0.4) is 0 Å². The molecule has 1 saturated heterocycles. The van der Waals surface area contributed by atoms with Crippen LogP contribution in [-0.2, 0) is 14.3 Å². The first kappa shape index (κ1) is 22.6. The van der Waals surface area contributed by atoms with Gasteiger partial charge in [-0.05, 0) is 34.9 Å². The van der Waals surface area contributed by atoms with E-state index in [1.807, 2.05) is 67.6 Å². The number of hydrogen-bond donors (Lipinski definition) is 1. The van der Waals surface area contributed by atoms with Gasteiger partial charge in [0.25, 0.3) is 11.7 Å². The summed E-state index contributed by atoms with van der Waals surface area (Å²) in [5.41, 5.74) is 1.32. The molecule has 1 aliphatic rings. The Balaban J connectivity index is 1.85. The van der Waals surface area contributed by atoms with Crippen molar-refractivity contribution >= 4 is 28.2 Å². The van der Waals surface area contributed by atoms with Crippen molar-refractivity contribution in [2.24, 2.45) is 0 Å². The third-order valence-corrected chi connectivity index (χ3v) is 5.79. The average molecular weight is 446 g/mol. The lowest BCUT2D eigenvalue weighted by molar-refractivity contribution is -0.140. The number of fused-ring (bicyclic) bond motifs is 1. The molecule has 0 bridgehead atoms. The van der Waals surface area contributed by atoms with Gasteiger partial charge in [-0.15, -0.1) is 0 Å². The summed E-state index contributed by atoms with van der Waals surface area (Å²) in [4.78, 5) is 27.6. The molecule has 0 spiro atoms. The topological polar surface area (TPSA) is 76.1 Å². The number of aliphatic hydroxyl groups excluding tert-OH is 1. The van der Waals surface area contributed by atoms with E-state index in [1.165, 1.54) is 4.90 Å². The van der Waals surface area contributed by atoms with Gasteiger partial charge in [-0.25, -0.2) is 0 Å². The molecule has 6 heteroatoms. The quantitative estimate of drug-likeness (QED) is 0.309. The Morgan fingerprint density at radius 2 is 1.70 bits per heavy atom. The zero-order chi connectivity index (χ0) is 23.4. The Labute approximate surface area is 193 Å². The summed E-state index contributed by atoms with van der Waals surface area (Å²) in [6, 6.07) is 19.7. The maximum Gasteiger partial charge on any atom is 0.295 e. The number of nitrogens with zero attached hydrogens (tertiary/aromatic N) is 1. The average Bonchev–Trinajstić information content (AvgIpc) is 3.10. The first-order chi connectivity index (χ1) is 16.1. The normalized spacial score (nSPS) is 17.6. The molecule has 0 aromatic heterocycles. The van der Waals surface area contributed by atoms with E-state index in [1.54, 1.807) is 13.2 Å². The second kappa shape index (κ2) is 9.88. The minimum absolute atomic E-state index is 0.0784. The molecule has 4 rings (SSSR count). The minimum Gasteiger partial charge on any atom is -0.507 e. The Morgan fingerprint density at radius 1 is 0.970 bits per heavy atom. The predicted octanol–water partition coefficient (Wildman–Crippen LogP) is 4.70. The molecule has 1 atom stereocenters. The summed E-state index contributed by atoms with van der Waals surface area (Å²) in [6.45, 7) is 3.14. The number of carbonyl (C=O) groups is 2. The first-order valence-corrected chi connectivity index (χ1v) is 11.0. The zero-order valence-electron chi connectivity index (χ0n) is 18.8. The highest BCUT2D eigenvalue weighted by molar-refractivity contribution is 6.46. The zero-order valence-corrected chi connectivity index (χ0v) is 18.8. The van der Waals surface area contributed by atoms with Crippen molar-refractivity contribution in [1.82, 2.24) is 4.90 Å². The van der Waals surface area contributed by atoms with Gasteiger partial charge in [0.2, 0.25) is 0 Å². The molecule has 0 radical (unpaired) electrons. The summed E-state index contributed by atoms with van der Waals surface area (Å²) in [7, 11) is 1.54. The van der Waals surface area contributed by atoms with Crippen LogP contribution in [0, 0.1) is 0 Å². The third-order valence-electron chi connectivity index (χ3n) is 5.79. The molecule has 1 heterocycles. The van der Waals surface area contributed by atoms with Crippen molar-refractivity contribution in [3.8, 4) is 5.75 Å². The summed E-state index contributed by atoms with van der Waals surface area (Å²) < 4.78 is 10.8. The van der Waals surface area contributed by atoms with Crippen molar-refractivity contribution in [3.05, 3.63) is 83.4 Å². The molecule has 1 N–H and O–H groups in total. The molecule has 3 aromatic carbocycles. The van der Waals surface area contributed by atoms with E-state index in [4.69, 9.17) is 9.47 Å². The van der Waals surface area contributed by atoms with Gasteiger partial charge in [-0.3, -0.25) is 9.59 Å². The van der Waals surface area contributed by atoms with Crippen LogP contribution in [0.5, 0.6) is 5.75 Å². The molecule has 1 fully saturated rings. The lowest BCUT2D eigenvalue weighted by Crippen LogP contribution is -2.32. The molecule has 1 aliphatic heterocycles. The highest BCUT2D eigenvalue weighted by atomic mass is 16.5. The second-order valence-corrected chi connectivity index (χ2v) is 7.93. The van der Waals surface area contributed by atoms with Gasteiger partial charge in [0.1, 0.15) is 11.5 Å². The number of carbonyl (C=O) groups excluding carboxylic acids is 2. The number of rotatable bonds is 8. The van der Waals surface area contributed by atoms with Crippen LogP contribution in [-0.4, -0.2) is 48.6 Å². The number of ether oxygens (including phenoxy) is 2. The number of amides is 1. The molecular weight excluding hydrogens is 418 g/mol. The van der Waals surface area contributed by atoms with Crippen LogP contribution in [0.1, 0.15) is 30.5 Å². The SMILES string of the molecule is CCCOc1ccc(C2/C(=C(/O)c3cccc4ccccc34)C(=O)C(=O)N2CCOC)cc1. The number of ketones is 1. The van der Waals surface area contributed by atoms with Crippen molar-refractivity contribution in [3.63, 3.8) is 0 Å². The Morgan fingerprint density at radius 3 is 2.42 bits per heavy atom. The second-order valence-electron chi connectivity index (χ2n) is 7.93. The molecule has 33 heavy (non-hydrogen) atoms. The van der Waals surface area contributed by atoms with Crippen LogP contribution in [0.15, 0.2) is 72.3 Å². The van der Waals surface area contributed by atoms with Crippen LogP contribution in [0.2, 0.25) is 0 Å². The molecule has 0 saturated carbocycles. The predicted molar refractivity (Wildman–Crippen MR) is 127 cm³/mol. The van der Waals surface area contributed by atoms with E-state index in [0.717, 1.165) is 22.8 Å². The van der Waals surface area contributed by atoms with Gasteiger partial charge in [0.15, 0.2) is 0 Å². The fourth-order valence-electron chi connectivity index (χ4n) is 4.19. The fraction of sp³-hybridized carbons (Fsp3) is 0.259. The lowest BCUT2D eigenvalue weighted by Gasteiger charge is -2.25. The van der Waals surface area contributed by atoms with Gasteiger partial charge in [0.05, 0.1) is 24.8 Å². The van der Waals surface area contributed by atoms with Crippen molar-refractivity contribution in [2.75, 3.05) is 26.9 Å². The summed E-state index contributed by atoms with van der Waals surface area (Å²) in [5, 5.41) is 13.1. The number of aliphatic hydroxyl groups is 1. The summed E-state index contributed by atoms with van der Waals surface area (Å²) in [5.74, 6) is -0.817. The van der Waals surface area contributed by atoms with Crippen molar-refractivity contribution < 1.29 is 24.2 Å². The lowest BCUT2D eigenvalue weighted by atomic mass is 9.93. The highest BCUT2D eigenvalue weighted by Gasteiger charge is 2.46. The van der Waals surface area contributed by atoms with Crippen LogP contribution < -0.4 is 4.74 Å². The number of hydrogen-bond acceptors (Lipinski definition) is 5. The fourth-order valence-corrected chi connectivity index (χ4v) is 4.19. The van der Waals surface area contributed by atoms with E-state index in [-0.39, 0.29) is 24.5 Å². The van der Waals surface area contributed by atoms with Gasteiger partial charge in [-0.2, -0.15) is 0 Å². The maximum absolute atomic E-state index is 13.1.